The van der Waals surface area contributed by atoms with Crippen LogP contribution in [-0.4, -0.2) is 28.2 Å². The fourth-order valence-electron chi connectivity index (χ4n) is 1.98. The summed E-state index contributed by atoms with van der Waals surface area (Å²) in [6.07, 6.45) is 0.356. The molecule has 1 amide bonds. The molecular formula is C16H17F2N3O3. The molecule has 6 nitrogen and oxygen atoms in total. The Morgan fingerprint density at radius 2 is 2.00 bits per heavy atom. The Hall–Kier alpha value is -2.77. The highest BCUT2D eigenvalue weighted by Crippen LogP contribution is 2.18. The van der Waals surface area contributed by atoms with Gasteiger partial charge in [-0.05, 0) is 31.5 Å². The lowest BCUT2D eigenvalue weighted by atomic mass is 10.2. The van der Waals surface area contributed by atoms with Crippen molar-refractivity contribution < 1.29 is 23.1 Å². The summed E-state index contributed by atoms with van der Waals surface area (Å²) in [6.45, 7) is 3.28. The molecule has 2 aromatic rings. The van der Waals surface area contributed by atoms with Crippen LogP contribution in [-0.2, 0) is 16.0 Å². The molecule has 0 spiro atoms. The average molecular weight is 337 g/mol. The number of aromatic amines is 1. The highest BCUT2D eigenvalue weighted by molar-refractivity contribution is 5.97. The Morgan fingerprint density at radius 1 is 1.33 bits per heavy atom. The molecule has 2 N–H and O–H groups in total. The Balaban J connectivity index is 1.99. The van der Waals surface area contributed by atoms with Gasteiger partial charge < -0.3 is 10.1 Å². The molecule has 24 heavy (non-hydrogen) atoms. The van der Waals surface area contributed by atoms with Crippen LogP contribution >= 0.6 is 0 Å². The van der Waals surface area contributed by atoms with Gasteiger partial charge in [-0.15, -0.1) is 0 Å². The molecule has 1 heterocycles. The summed E-state index contributed by atoms with van der Waals surface area (Å²) in [5.74, 6) is -3.49. The number of H-pyrrole nitrogens is 1. The van der Waals surface area contributed by atoms with E-state index in [0.29, 0.717) is 0 Å². The summed E-state index contributed by atoms with van der Waals surface area (Å²) in [7, 11) is 0. The first kappa shape index (κ1) is 17.6. The SMILES string of the molecule is CCCc1cc(C(=O)OC(C)C(=O)Nc2c(F)cccc2F)n[nH]1. The van der Waals surface area contributed by atoms with Crippen LogP contribution in [0.2, 0.25) is 0 Å². The minimum Gasteiger partial charge on any atom is -0.448 e. The van der Waals surface area contributed by atoms with E-state index in [1.807, 2.05) is 6.92 Å². The number of ether oxygens (including phenoxy) is 1. The van der Waals surface area contributed by atoms with Crippen LogP contribution in [0.4, 0.5) is 14.5 Å². The lowest BCUT2D eigenvalue weighted by molar-refractivity contribution is -0.123. The van der Waals surface area contributed by atoms with Crippen molar-refractivity contribution in [3.8, 4) is 0 Å². The molecule has 0 saturated heterocycles. The summed E-state index contributed by atoms with van der Waals surface area (Å²) in [5, 5.41) is 8.57. The van der Waals surface area contributed by atoms with Crippen LogP contribution in [0.5, 0.6) is 0 Å². The van der Waals surface area contributed by atoms with E-state index < -0.39 is 35.3 Å². The number of nitrogens with one attached hydrogen (secondary N) is 2. The molecule has 1 atom stereocenters. The van der Waals surface area contributed by atoms with Gasteiger partial charge in [0.25, 0.3) is 5.91 Å². The summed E-state index contributed by atoms with van der Waals surface area (Å²) in [6, 6.07) is 4.73. The number of aryl methyl sites for hydroxylation is 1. The van der Waals surface area contributed by atoms with Crippen molar-refractivity contribution in [3.63, 3.8) is 0 Å². The monoisotopic (exact) mass is 337 g/mol. The van der Waals surface area contributed by atoms with E-state index in [4.69, 9.17) is 4.74 Å². The van der Waals surface area contributed by atoms with Crippen molar-refractivity contribution in [1.82, 2.24) is 10.2 Å². The summed E-state index contributed by atoms with van der Waals surface area (Å²) < 4.78 is 32.0. The molecule has 2 rings (SSSR count). The lowest BCUT2D eigenvalue weighted by Crippen LogP contribution is -2.30. The number of rotatable bonds is 6. The number of anilines is 1. The Kier molecular flexibility index (Phi) is 5.62. The van der Waals surface area contributed by atoms with E-state index in [0.717, 1.165) is 30.7 Å². The van der Waals surface area contributed by atoms with Crippen LogP contribution in [0, 0.1) is 11.6 Å². The van der Waals surface area contributed by atoms with Crippen molar-refractivity contribution in [3.05, 3.63) is 47.3 Å². The number of amides is 1. The first-order valence-corrected chi connectivity index (χ1v) is 7.42. The van der Waals surface area contributed by atoms with E-state index in [-0.39, 0.29) is 5.69 Å². The standard InChI is InChI=1S/C16H17F2N3O3/c1-3-5-10-8-13(21-20-10)16(23)24-9(2)15(22)19-14-11(17)6-4-7-12(14)18/h4,6-9H,3,5H2,1-2H3,(H,19,22)(H,20,21). The van der Waals surface area contributed by atoms with Crippen molar-refractivity contribution in [2.45, 2.75) is 32.8 Å². The number of carbonyl (C=O) groups excluding carboxylic acids is 2. The molecule has 0 aliphatic rings. The molecule has 1 aromatic heterocycles. The number of hydrogen-bond donors (Lipinski definition) is 2. The quantitative estimate of drug-likeness (QED) is 0.794. The number of hydrogen-bond acceptors (Lipinski definition) is 4. The normalized spacial score (nSPS) is 11.8. The van der Waals surface area contributed by atoms with Crippen LogP contribution in [0.3, 0.4) is 0 Å². The average Bonchev–Trinajstić information content (AvgIpc) is 3.00. The van der Waals surface area contributed by atoms with Gasteiger partial charge in [0.15, 0.2) is 11.8 Å². The number of para-hydroxylation sites is 1. The number of aromatic nitrogens is 2. The Morgan fingerprint density at radius 3 is 2.62 bits per heavy atom. The fourth-order valence-corrected chi connectivity index (χ4v) is 1.98. The number of halogens is 2. The molecule has 0 saturated carbocycles. The number of benzene rings is 1. The van der Waals surface area contributed by atoms with E-state index in [2.05, 4.69) is 15.5 Å². The number of carbonyl (C=O) groups is 2. The molecule has 0 aliphatic heterocycles. The van der Waals surface area contributed by atoms with Gasteiger partial charge in [0.1, 0.15) is 17.3 Å². The molecule has 0 aliphatic carbocycles. The zero-order valence-electron chi connectivity index (χ0n) is 13.2. The second-order valence-electron chi connectivity index (χ2n) is 5.16. The van der Waals surface area contributed by atoms with Gasteiger partial charge in [-0.1, -0.05) is 19.4 Å². The topological polar surface area (TPSA) is 84.1 Å². The van der Waals surface area contributed by atoms with Gasteiger partial charge in [-0.2, -0.15) is 5.10 Å². The summed E-state index contributed by atoms with van der Waals surface area (Å²) in [4.78, 5) is 23.9. The summed E-state index contributed by atoms with van der Waals surface area (Å²) >= 11 is 0. The third-order valence-electron chi connectivity index (χ3n) is 3.22. The molecular weight excluding hydrogens is 320 g/mol. The highest BCUT2D eigenvalue weighted by Gasteiger charge is 2.22. The maximum Gasteiger partial charge on any atom is 0.359 e. The van der Waals surface area contributed by atoms with Gasteiger partial charge in [-0.25, -0.2) is 13.6 Å². The van der Waals surface area contributed by atoms with E-state index in [1.165, 1.54) is 19.1 Å². The van der Waals surface area contributed by atoms with E-state index >= 15 is 0 Å². The Bertz CT molecular complexity index is 726. The predicted molar refractivity (Wildman–Crippen MR) is 82.4 cm³/mol. The minimum absolute atomic E-state index is 0.0372. The largest absolute Gasteiger partial charge is 0.448 e. The second-order valence-corrected chi connectivity index (χ2v) is 5.16. The number of nitrogens with zero attached hydrogens (tertiary/aromatic N) is 1. The smallest absolute Gasteiger partial charge is 0.359 e. The molecule has 128 valence electrons. The van der Waals surface area contributed by atoms with Crippen molar-refractivity contribution in [2.24, 2.45) is 0 Å². The number of esters is 1. The third kappa shape index (κ3) is 4.15. The van der Waals surface area contributed by atoms with Crippen LogP contribution < -0.4 is 5.32 Å². The van der Waals surface area contributed by atoms with Crippen LogP contribution in [0.25, 0.3) is 0 Å². The van der Waals surface area contributed by atoms with Crippen molar-refractivity contribution in [2.75, 3.05) is 5.32 Å². The fraction of sp³-hybridized carbons (Fsp3) is 0.312. The third-order valence-corrected chi connectivity index (χ3v) is 3.22. The molecule has 1 unspecified atom stereocenters. The van der Waals surface area contributed by atoms with Gasteiger partial charge in [0, 0.05) is 5.69 Å². The molecule has 1 aromatic carbocycles. The molecule has 8 heteroatoms. The Labute approximate surface area is 137 Å². The molecule has 0 fully saturated rings. The van der Waals surface area contributed by atoms with Crippen molar-refractivity contribution >= 4 is 17.6 Å². The minimum atomic E-state index is -1.25. The van der Waals surface area contributed by atoms with E-state index in [9.17, 15) is 18.4 Å². The maximum absolute atomic E-state index is 13.5. The van der Waals surface area contributed by atoms with Gasteiger partial charge in [0.2, 0.25) is 0 Å². The summed E-state index contributed by atoms with van der Waals surface area (Å²) in [5.41, 5.74) is 0.223. The highest BCUT2D eigenvalue weighted by atomic mass is 19.1. The van der Waals surface area contributed by atoms with Crippen molar-refractivity contribution in [1.29, 1.82) is 0 Å². The van der Waals surface area contributed by atoms with Crippen LogP contribution in [0.15, 0.2) is 24.3 Å². The predicted octanol–water partition coefficient (Wildman–Crippen LogP) is 2.82. The van der Waals surface area contributed by atoms with Gasteiger partial charge in [0.05, 0.1) is 0 Å². The first-order chi connectivity index (χ1) is 11.4. The van der Waals surface area contributed by atoms with Gasteiger partial charge in [-0.3, -0.25) is 9.89 Å². The molecule has 0 radical (unpaired) electrons. The van der Waals surface area contributed by atoms with Crippen LogP contribution in [0.1, 0.15) is 36.5 Å². The van der Waals surface area contributed by atoms with E-state index in [1.54, 1.807) is 0 Å². The lowest BCUT2D eigenvalue weighted by Gasteiger charge is -2.13. The zero-order chi connectivity index (χ0) is 17.7. The maximum atomic E-state index is 13.5. The first-order valence-electron chi connectivity index (χ1n) is 7.42. The molecule has 0 bridgehead atoms. The zero-order valence-corrected chi connectivity index (χ0v) is 13.2. The van der Waals surface area contributed by atoms with Gasteiger partial charge >= 0.3 is 5.97 Å². The second kappa shape index (κ2) is 7.67.